The monoisotopic (exact) mass is 263 g/mol. The molecule has 0 N–H and O–H groups in total. The third-order valence-corrected chi connectivity index (χ3v) is 4.39. The average Bonchev–Trinajstić information content (AvgIpc) is 2.79. The van der Waals surface area contributed by atoms with E-state index in [1.807, 2.05) is 0 Å². The summed E-state index contributed by atoms with van der Waals surface area (Å²) in [6, 6.07) is 1.39. The highest BCUT2D eigenvalue weighted by Gasteiger charge is 2.16. The molecule has 3 rings (SSSR count). The van der Waals surface area contributed by atoms with Crippen molar-refractivity contribution in [1.29, 1.82) is 0 Å². The fraction of sp³-hybridized carbons (Fsp3) is 0.417. The smallest absolute Gasteiger partial charge is 0.269 e. The Morgan fingerprint density at radius 3 is 2.83 bits per heavy atom. The largest absolute Gasteiger partial charge is 0.337 e. The van der Waals surface area contributed by atoms with Gasteiger partial charge in [0.1, 0.15) is 0 Å². The van der Waals surface area contributed by atoms with E-state index < -0.39 is 0 Å². The Kier molecular flexibility index (Phi) is 2.66. The molecule has 2 aromatic rings. The highest BCUT2D eigenvalue weighted by atomic mass is 32.1. The van der Waals surface area contributed by atoms with Gasteiger partial charge < -0.3 is 0 Å². The minimum Gasteiger partial charge on any atom is -0.269 e. The normalized spacial score (nSPS) is 14.5. The number of nitrogens with zero attached hydrogens (tertiary/aromatic N) is 3. The molecule has 2 aromatic heterocycles. The quantitative estimate of drug-likeness (QED) is 0.767. The molecule has 0 saturated carbocycles. The van der Waals surface area contributed by atoms with Gasteiger partial charge >= 0.3 is 5.69 Å². The van der Waals surface area contributed by atoms with Crippen LogP contribution in [0.5, 0.6) is 0 Å². The first-order valence-corrected chi connectivity index (χ1v) is 6.76. The molecule has 0 aromatic carbocycles. The number of fused-ring (bicyclic) bond motifs is 1. The minimum absolute atomic E-state index is 0.294. The van der Waals surface area contributed by atoms with Gasteiger partial charge in [-0.3, -0.25) is 9.36 Å². The molecule has 5 nitrogen and oxygen atoms in total. The SMILES string of the molecule is Cn1c(=O)ccn(-c2nc3c(s2)CCCC3)c1=O. The maximum Gasteiger partial charge on any atom is 0.337 e. The Morgan fingerprint density at radius 1 is 1.28 bits per heavy atom. The van der Waals surface area contributed by atoms with E-state index in [-0.39, 0.29) is 11.2 Å². The summed E-state index contributed by atoms with van der Waals surface area (Å²) in [7, 11) is 1.48. The predicted octanol–water partition coefficient (Wildman–Crippen LogP) is 0.872. The van der Waals surface area contributed by atoms with Gasteiger partial charge in [-0.15, -0.1) is 11.3 Å². The van der Waals surface area contributed by atoms with Gasteiger partial charge in [0.2, 0.25) is 0 Å². The van der Waals surface area contributed by atoms with Crippen LogP contribution in [0.15, 0.2) is 21.9 Å². The molecule has 1 aliphatic carbocycles. The van der Waals surface area contributed by atoms with Gasteiger partial charge in [-0.2, -0.15) is 0 Å². The first-order chi connectivity index (χ1) is 8.66. The molecule has 2 heterocycles. The second-order valence-electron chi connectivity index (χ2n) is 4.44. The zero-order chi connectivity index (χ0) is 12.7. The zero-order valence-electron chi connectivity index (χ0n) is 10.0. The summed E-state index contributed by atoms with van der Waals surface area (Å²) in [5, 5.41) is 0.669. The van der Waals surface area contributed by atoms with Crippen LogP contribution in [0.25, 0.3) is 5.13 Å². The van der Waals surface area contributed by atoms with Crippen LogP contribution in [-0.2, 0) is 19.9 Å². The van der Waals surface area contributed by atoms with E-state index >= 15 is 0 Å². The molecule has 0 atom stereocenters. The Morgan fingerprint density at radius 2 is 2.06 bits per heavy atom. The maximum absolute atomic E-state index is 12.0. The summed E-state index contributed by atoms with van der Waals surface area (Å²) in [6.45, 7) is 0. The van der Waals surface area contributed by atoms with Crippen LogP contribution in [0.1, 0.15) is 23.4 Å². The number of aromatic nitrogens is 3. The Labute approximate surface area is 107 Å². The van der Waals surface area contributed by atoms with E-state index in [2.05, 4.69) is 4.98 Å². The van der Waals surface area contributed by atoms with Gasteiger partial charge in [-0.1, -0.05) is 0 Å². The summed E-state index contributed by atoms with van der Waals surface area (Å²) in [5.41, 5.74) is 0.480. The lowest BCUT2D eigenvalue weighted by atomic mass is 10.0. The maximum atomic E-state index is 12.0. The topological polar surface area (TPSA) is 56.9 Å². The highest BCUT2D eigenvalue weighted by molar-refractivity contribution is 7.14. The number of rotatable bonds is 1. The Balaban J connectivity index is 2.16. The second-order valence-corrected chi connectivity index (χ2v) is 5.50. The summed E-state index contributed by atoms with van der Waals surface area (Å²) in [4.78, 5) is 29.1. The Bertz CT molecular complexity index is 687. The lowest BCUT2D eigenvalue weighted by molar-refractivity contribution is 0.678. The molecule has 0 saturated heterocycles. The Hall–Kier alpha value is -1.69. The molecule has 0 unspecified atom stereocenters. The molecule has 0 bridgehead atoms. The zero-order valence-corrected chi connectivity index (χ0v) is 10.9. The van der Waals surface area contributed by atoms with Crippen LogP contribution in [0, 0.1) is 0 Å². The van der Waals surface area contributed by atoms with Crippen LogP contribution >= 0.6 is 11.3 Å². The van der Waals surface area contributed by atoms with Crippen molar-refractivity contribution in [3.05, 3.63) is 43.7 Å². The number of aryl methyl sites for hydroxylation is 2. The average molecular weight is 263 g/mol. The lowest BCUT2D eigenvalue weighted by Crippen LogP contribution is -2.36. The molecule has 0 aliphatic heterocycles. The second kappa shape index (κ2) is 4.20. The first kappa shape index (κ1) is 11.4. The van der Waals surface area contributed by atoms with E-state index in [1.54, 1.807) is 11.3 Å². The van der Waals surface area contributed by atoms with Crippen LogP contribution in [0.3, 0.4) is 0 Å². The summed E-state index contributed by atoms with van der Waals surface area (Å²) >= 11 is 1.55. The fourth-order valence-corrected chi connectivity index (χ4v) is 3.28. The van der Waals surface area contributed by atoms with E-state index in [0.29, 0.717) is 5.13 Å². The van der Waals surface area contributed by atoms with Crippen molar-refractivity contribution in [2.45, 2.75) is 25.7 Å². The predicted molar refractivity (Wildman–Crippen MR) is 69.6 cm³/mol. The van der Waals surface area contributed by atoms with Gasteiger partial charge in [-0.25, -0.2) is 14.3 Å². The molecule has 6 heteroatoms. The van der Waals surface area contributed by atoms with E-state index in [0.717, 1.165) is 23.1 Å². The third kappa shape index (κ3) is 1.73. The van der Waals surface area contributed by atoms with Gasteiger partial charge in [0, 0.05) is 24.2 Å². The van der Waals surface area contributed by atoms with Crippen LogP contribution in [0.2, 0.25) is 0 Å². The number of hydrogen-bond donors (Lipinski definition) is 0. The third-order valence-electron chi connectivity index (χ3n) is 3.23. The van der Waals surface area contributed by atoms with Crippen molar-refractivity contribution in [2.24, 2.45) is 7.05 Å². The molecular formula is C12H13N3O2S. The summed E-state index contributed by atoms with van der Waals surface area (Å²) in [6.07, 6.45) is 5.91. The molecule has 0 spiro atoms. The van der Waals surface area contributed by atoms with Crippen molar-refractivity contribution in [2.75, 3.05) is 0 Å². The number of thiazole rings is 1. The van der Waals surface area contributed by atoms with Gasteiger partial charge in [0.15, 0.2) is 5.13 Å². The van der Waals surface area contributed by atoms with Crippen molar-refractivity contribution in [3.8, 4) is 5.13 Å². The van der Waals surface area contributed by atoms with Gasteiger partial charge in [0.05, 0.1) is 5.69 Å². The van der Waals surface area contributed by atoms with Crippen molar-refractivity contribution < 1.29 is 0 Å². The molecule has 18 heavy (non-hydrogen) atoms. The minimum atomic E-state index is -0.339. The van der Waals surface area contributed by atoms with E-state index in [9.17, 15) is 9.59 Å². The molecule has 0 fully saturated rings. The van der Waals surface area contributed by atoms with E-state index in [1.165, 1.54) is 41.6 Å². The van der Waals surface area contributed by atoms with Crippen molar-refractivity contribution >= 4 is 11.3 Å². The van der Waals surface area contributed by atoms with Crippen LogP contribution in [-0.4, -0.2) is 14.1 Å². The molecule has 0 amide bonds. The lowest BCUT2D eigenvalue weighted by Gasteiger charge is -2.06. The van der Waals surface area contributed by atoms with Gasteiger partial charge in [-0.05, 0) is 25.7 Å². The van der Waals surface area contributed by atoms with Crippen molar-refractivity contribution in [3.63, 3.8) is 0 Å². The highest BCUT2D eigenvalue weighted by Crippen LogP contribution is 2.27. The van der Waals surface area contributed by atoms with Gasteiger partial charge in [0.25, 0.3) is 5.56 Å². The number of hydrogen-bond acceptors (Lipinski definition) is 4. The van der Waals surface area contributed by atoms with E-state index in [4.69, 9.17) is 0 Å². The molecule has 0 radical (unpaired) electrons. The van der Waals surface area contributed by atoms with Crippen LogP contribution < -0.4 is 11.2 Å². The summed E-state index contributed by atoms with van der Waals surface area (Å²) in [5.74, 6) is 0. The van der Waals surface area contributed by atoms with Crippen molar-refractivity contribution in [1.82, 2.24) is 14.1 Å². The molecular weight excluding hydrogens is 250 g/mol. The van der Waals surface area contributed by atoms with Crippen LogP contribution in [0.4, 0.5) is 0 Å². The summed E-state index contributed by atoms with van der Waals surface area (Å²) < 4.78 is 2.55. The fourth-order valence-electron chi connectivity index (χ4n) is 2.16. The standard InChI is InChI=1S/C12H13N3O2S/c1-14-10(16)6-7-15(12(14)17)11-13-8-4-2-3-5-9(8)18-11/h6-7H,2-5H2,1H3. The first-order valence-electron chi connectivity index (χ1n) is 5.94. The molecule has 94 valence electrons. The molecule has 1 aliphatic rings.